The lowest BCUT2D eigenvalue weighted by Gasteiger charge is -2.19. The van der Waals surface area contributed by atoms with E-state index in [0.717, 1.165) is 5.56 Å². The molecule has 0 aliphatic heterocycles. The minimum atomic E-state index is -0.199. The number of nitrogen functional groups attached to an aromatic ring is 3. The van der Waals surface area contributed by atoms with E-state index in [1.165, 1.54) is 0 Å². The number of nitrogens with zero attached hydrogens (tertiary/aromatic N) is 5. The van der Waals surface area contributed by atoms with Crippen LogP contribution in [0.4, 0.5) is 17.8 Å². The molecule has 6 N–H and O–H groups in total. The molecule has 27 heavy (non-hydrogen) atoms. The van der Waals surface area contributed by atoms with Crippen LogP contribution in [0.25, 0.3) is 33.4 Å². The molecule has 0 atom stereocenters. The second-order valence-corrected chi connectivity index (χ2v) is 7.10. The number of hydrogen-bond donors (Lipinski definition) is 3. The van der Waals surface area contributed by atoms with Crippen LogP contribution in [0.15, 0.2) is 35.3 Å². The first kappa shape index (κ1) is 16.8. The summed E-state index contributed by atoms with van der Waals surface area (Å²) < 4.78 is 7.12. The van der Waals surface area contributed by atoms with Gasteiger partial charge in [-0.05, 0) is 18.2 Å². The van der Waals surface area contributed by atoms with Crippen LogP contribution in [0.1, 0.15) is 13.8 Å². The lowest BCUT2D eigenvalue weighted by Crippen LogP contribution is -2.18. The van der Waals surface area contributed by atoms with Gasteiger partial charge >= 0.3 is 0 Å². The maximum absolute atomic E-state index is 6.16. The van der Waals surface area contributed by atoms with E-state index in [1.807, 2.05) is 18.2 Å². The molecule has 0 spiro atoms. The normalized spacial score (nSPS) is 12.1. The van der Waals surface area contributed by atoms with E-state index in [0.29, 0.717) is 34.4 Å². The van der Waals surface area contributed by atoms with Gasteiger partial charge in [0, 0.05) is 11.0 Å². The molecule has 9 heteroatoms. The highest BCUT2D eigenvalue weighted by Gasteiger charge is 2.23. The predicted molar refractivity (Wildman–Crippen MR) is 106 cm³/mol. The SMILES string of the molecule is C=CC(C)(C)Cn1nc(-c2ccc3oc(N)nc3c2)c2c(N)nc(N)nc21. The van der Waals surface area contributed by atoms with Crippen LogP contribution in [0, 0.1) is 5.41 Å². The maximum Gasteiger partial charge on any atom is 0.292 e. The van der Waals surface area contributed by atoms with Gasteiger partial charge in [-0.3, -0.25) is 0 Å². The molecular weight excluding hydrogens is 344 g/mol. The summed E-state index contributed by atoms with van der Waals surface area (Å²) >= 11 is 0. The molecule has 4 aromatic rings. The lowest BCUT2D eigenvalue weighted by atomic mass is 9.94. The van der Waals surface area contributed by atoms with Gasteiger partial charge in [0.2, 0.25) is 5.95 Å². The first-order valence-corrected chi connectivity index (χ1v) is 8.37. The first-order chi connectivity index (χ1) is 12.8. The van der Waals surface area contributed by atoms with Crippen molar-refractivity contribution in [2.45, 2.75) is 20.4 Å². The lowest BCUT2D eigenvalue weighted by molar-refractivity contribution is 0.381. The van der Waals surface area contributed by atoms with Crippen molar-refractivity contribution >= 4 is 39.9 Å². The van der Waals surface area contributed by atoms with Gasteiger partial charge in [0.1, 0.15) is 17.0 Å². The number of fused-ring (bicyclic) bond motifs is 2. The Morgan fingerprint density at radius 1 is 1.19 bits per heavy atom. The third-order valence-corrected chi connectivity index (χ3v) is 4.42. The smallest absolute Gasteiger partial charge is 0.292 e. The molecule has 0 saturated heterocycles. The van der Waals surface area contributed by atoms with E-state index >= 15 is 0 Å². The zero-order valence-electron chi connectivity index (χ0n) is 15.1. The summed E-state index contributed by atoms with van der Waals surface area (Å²) in [5.41, 5.74) is 20.7. The highest BCUT2D eigenvalue weighted by Crippen LogP contribution is 2.34. The van der Waals surface area contributed by atoms with Crippen LogP contribution in [-0.2, 0) is 6.54 Å². The van der Waals surface area contributed by atoms with E-state index in [2.05, 4.69) is 35.4 Å². The fraction of sp³-hybridized carbons (Fsp3) is 0.222. The highest BCUT2D eigenvalue weighted by atomic mass is 16.4. The molecule has 0 radical (unpaired) electrons. The average molecular weight is 364 g/mol. The molecular formula is C18H20N8O. The number of benzene rings is 1. The van der Waals surface area contributed by atoms with Gasteiger partial charge in [0.25, 0.3) is 6.01 Å². The Hall–Kier alpha value is -3.62. The number of nitrogens with two attached hydrogens (primary N) is 3. The van der Waals surface area contributed by atoms with Gasteiger partial charge < -0.3 is 21.6 Å². The topological polar surface area (TPSA) is 148 Å². The maximum atomic E-state index is 6.16. The van der Waals surface area contributed by atoms with Gasteiger partial charge in [0.15, 0.2) is 11.2 Å². The van der Waals surface area contributed by atoms with Crippen LogP contribution < -0.4 is 17.2 Å². The number of hydrogen-bond acceptors (Lipinski definition) is 8. The zero-order chi connectivity index (χ0) is 19.3. The molecule has 0 bridgehead atoms. The van der Waals surface area contributed by atoms with E-state index < -0.39 is 0 Å². The summed E-state index contributed by atoms with van der Waals surface area (Å²) in [5.74, 6) is 0.374. The minimum Gasteiger partial charge on any atom is -0.424 e. The Bertz CT molecular complexity index is 1190. The van der Waals surface area contributed by atoms with Crippen molar-refractivity contribution < 1.29 is 4.42 Å². The van der Waals surface area contributed by atoms with Crippen LogP contribution in [0.3, 0.4) is 0 Å². The fourth-order valence-corrected chi connectivity index (χ4v) is 2.97. The third-order valence-electron chi connectivity index (χ3n) is 4.42. The molecule has 0 aliphatic carbocycles. The quantitative estimate of drug-likeness (QED) is 0.468. The summed E-state index contributed by atoms with van der Waals surface area (Å²) in [6.07, 6.45) is 1.87. The zero-order valence-corrected chi connectivity index (χ0v) is 15.1. The van der Waals surface area contributed by atoms with Crippen molar-refractivity contribution in [2.75, 3.05) is 17.2 Å². The summed E-state index contributed by atoms with van der Waals surface area (Å²) in [5, 5.41) is 5.39. The molecule has 4 rings (SSSR count). The second kappa shape index (κ2) is 5.70. The Morgan fingerprint density at radius 2 is 1.96 bits per heavy atom. The van der Waals surface area contributed by atoms with Crippen molar-refractivity contribution in [3.63, 3.8) is 0 Å². The third kappa shape index (κ3) is 2.82. The van der Waals surface area contributed by atoms with Crippen LogP contribution in [0.5, 0.6) is 0 Å². The first-order valence-electron chi connectivity index (χ1n) is 8.37. The molecule has 3 aromatic heterocycles. The Morgan fingerprint density at radius 3 is 2.70 bits per heavy atom. The second-order valence-electron chi connectivity index (χ2n) is 7.10. The number of oxazole rings is 1. The van der Waals surface area contributed by atoms with Crippen molar-refractivity contribution in [3.05, 3.63) is 30.9 Å². The average Bonchev–Trinajstić information content (AvgIpc) is 3.13. The van der Waals surface area contributed by atoms with Gasteiger partial charge in [0.05, 0.1) is 11.9 Å². The van der Waals surface area contributed by atoms with E-state index in [-0.39, 0.29) is 23.2 Å². The largest absolute Gasteiger partial charge is 0.424 e. The minimum absolute atomic E-state index is 0.101. The van der Waals surface area contributed by atoms with Gasteiger partial charge in [-0.25, -0.2) is 4.68 Å². The Labute approximate surface area is 154 Å². The molecule has 0 fully saturated rings. The van der Waals surface area contributed by atoms with Crippen LogP contribution >= 0.6 is 0 Å². The molecule has 0 amide bonds. The predicted octanol–water partition coefficient (Wildman–Crippen LogP) is 2.59. The van der Waals surface area contributed by atoms with Gasteiger partial charge in [-0.15, -0.1) is 6.58 Å². The molecule has 3 heterocycles. The van der Waals surface area contributed by atoms with E-state index in [9.17, 15) is 0 Å². The van der Waals surface area contributed by atoms with Crippen molar-refractivity contribution in [2.24, 2.45) is 5.41 Å². The molecule has 138 valence electrons. The highest BCUT2D eigenvalue weighted by molar-refractivity contribution is 6.00. The number of aromatic nitrogens is 5. The summed E-state index contributed by atoms with van der Waals surface area (Å²) in [4.78, 5) is 12.6. The van der Waals surface area contributed by atoms with E-state index in [4.69, 9.17) is 26.7 Å². The van der Waals surface area contributed by atoms with Crippen molar-refractivity contribution in [1.29, 1.82) is 0 Å². The summed E-state index contributed by atoms with van der Waals surface area (Å²) in [6, 6.07) is 5.62. The fourth-order valence-electron chi connectivity index (χ4n) is 2.97. The summed E-state index contributed by atoms with van der Waals surface area (Å²) in [6.45, 7) is 8.57. The van der Waals surface area contributed by atoms with Crippen LogP contribution in [0.2, 0.25) is 0 Å². The van der Waals surface area contributed by atoms with E-state index in [1.54, 1.807) is 10.7 Å². The monoisotopic (exact) mass is 364 g/mol. The van der Waals surface area contributed by atoms with Gasteiger partial charge in [-0.2, -0.15) is 20.1 Å². The Balaban J connectivity index is 1.97. The number of allylic oxidation sites excluding steroid dienone is 1. The molecule has 0 aliphatic rings. The molecule has 0 saturated carbocycles. The van der Waals surface area contributed by atoms with Crippen LogP contribution in [-0.4, -0.2) is 24.7 Å². The van der Waals surface area contributed by atoms with Crippen molar-refractivity contribution in [1.82, 2.24) is 24.7 Å². The van der Waals surface area contributed by atoms with Gasteiger partial charge in [-0.1, -0.05) is 19.9 Å². The molecule has 0 unspecified atom stereocenters. The summed E-state index contributed by atoms with van der Waals surface area (Å²) in [7, 11) is 0. The van der Waals surface area contributed by atoms with Crippen molar-refractivity contribution in [3.8, 4) is 11.3 Å². The number of rotatable bonds is 4. The standard InChI is InChI=1S/C18H20N8O/c1-4-18(2,3)8-26-15-12(14(19)23-16(20)24-15)13(25-26)9-5-6-11-10(7-9)22-17(21)27-11/h4-7H,1,8H2,2-3H3,(H2,21,22)(H4,19,20,23,24). The number of anilines is 3. The Kier molecular flexibility index (Phi) is 3.55. The molecule has 9 nitrogen and oxygen atoms in total. The molecule has 1 aromatic carbocycles.